The summed E-state index contributed by atoms with van der Waals surface area (Å²) >= 11 is 0. The standard InChI is InChI=1S/C15H21NO3/c1-15(2,3)19-14(18)16-10-4-5-12-6-8-13(11-17)9-7-12/h4-9,17H,10-11H2,1-3H3,(H,16,18). The molecule has 2 N–H and O–H groups in total. The summed E-state index contributed by atoms with van der Waals surface area (Å²) in [5, 5.41) is 11.6. The van der Waals surface area contributed by atoms with Gasteiger partial charge in [-0.15, -0.1) is 0 Å². The topological polar surface area (TPSA) is 58.6 Å². The van der Waals surface area contributed by atoms with Crippen molar-refractivity contribution >= 4 is 12.2 Å². The molecule has 0 aromatic heterocycles. The van der Waals surface area contributed by atoms with Crippen LogP contribution in [-0.4, -0.2) is 23.3 Å². The molecule has 0 heterocycles. The number of aliphatic hydroxyl groups excluding tert-OH is 1. The number of carbonyl (C=O) groups is 1. The first-order valence-electron chi connectivity index (χ1n) is 6.24. The Bertz CT molecular complexity index is 430. The average molecular weight is 263 g/mol. The van der Waals surface area contributed by atoms with Crippen molar-refractivity contribution in [2.24, 2.45) is 0 Å². The molecule has 4 nitrogen and oxygen atoms in total. The van der Waals surface area contributed by atoms with Gasteiger partial charge in [-0.25, -0.2) is 4.79 Å². The van der Waals surface area contributed by atoms with Gasteiger partial charge in [-0.1, -0.05) is 36.4 Å². The third-order valence-electron chi connectivity index (χ3n) is 2.24. The quantitative estimate of drug-likeness (QED) is 0.878. The molecule has 0 aliphatic heterocycles. The van der Waals surface area contributed by atoms with E-state index in [-0.39, 0.29) is 6.61 Å². The van der Waals surface area contributed by atoms with E-state index in [2.05, 4.69) is 5.32 Å². The molecule has 4 heteroatoms. The van der Waals surface area contributed by atoms with Crippen LogP contribution in [0, 0.1) is 0 Å². The number of hydrogen-bond acceptors (Lipinski definition) is 3. The van der Waals surface area contributed by atoms with Gasteiger partial charge in [0.1, 0.15) is 5.60 Å². The molecule has 0 aliphatic carbocycles. The predicted octanol–water partition coefficient (Wildman–Crippen LogP) is 2.72. The van der Waals surface area contributed by atoms with Crippen LogP contribution in [0.4, 0.5) is 4.79 Å². The molecule has 0 bridgehead atoms. The van der Waals surface area contributed by atoms with Gasteiger partial charge in [-0.2, -0.15) is 0 Å². The van der Waals surface area contributed by atoms with Crippen molar-refractivity contribution in [1.29, 1.82) is 0 Å². The third-order valence-corrected chi connectivity index (χ3v) is 2.24. The molecular formula is C15H21NO3. The highest BCUT2D eigenvalue weighted by Gasteiger charge is 2.14. The summed E-state index contributed by atoms with van der Waals surface area (Å²) in [7, 11) is 0. The lowest BCUT2D eigenvalue weighted by Crippen LogP contribution is -2.32. The molecule has 0 atom stereocenters. The minimum absolute atomic E-state index is 0.0458. The van der Waals surface area contributed by atoms with Crippen LogP contribution in [0.25, 0.3) is 6.08 Å². The highest BCUT2D eigenvalue weighted by Crippen LogP contribution is 2.07. The molecule has 1 amide bonds. The number of ether oxygens (including phenoxy) is 1. The second-order valence-corrected chi connectivity index (χ2v) is 5.18. The highest BCUT2D eigenvalue weighted by atomic mass is 16.6. The normalized spacial score (nSPS) is 11.6. The van der Waals surface area contributed by atoms with Gasteiger partial charge < -0.3 is 15.2 Å². The minimum atomic E-state index is -0.478. The van der Waals surface area contributed by atoms with Crippen molar-refractivity contribution in [1.82, 2.24) is 5.32 Å². The SMILES string of the molecule is CC(C)(C)OC(=O)NCC=Cc1ccc(CO)cc1. The zero-order chi connectivity index (χ0) is 14.3. The summed E-state index contributed by atoms with van der Waals surface area (Å²) < 4.78 is 5.11. The van der Waals surface area contributed by atoms with E-state index in [1.54, 1.807) is 0 Å². The molecule has 104 valence electrons. The fraction of sp³-hybridized carbons (Fsp3) is 0.400. The van der Waals surface area contributed by atoms with Gasteiger partial charge in [-0.05, 0) is 31.9 Å². The molecule has 0 unspecified atom stereocenters. The summed E-state index contributed by atoms with van der Waals surface area (Å²) in [6, 6.07) is 7.55. The van der Waals surface area contributed by atoms with Crippen LogP contribution in [0.5, 0.6) is 0 Å². The van der Waals surface area contributed by atoms with E-state index in [1.165, 1.54) is 0 Å². The smallest absolute Gasteiger partial charge is 0.407 e. The maximum Gasteiger partial charge on any atom is 0.407 e. The molecule has 0 saturated carbocycles. The van der Waals surface area contributed by atoms with Crippen LogP contribution in [0.3, 0.4) is 0 Å². The van der Waals surface area contributed by atoms with Crippen molar-refractivity contribution in [2.75, 3.05) is 6.54 Å². The molecule has 1 aromatic carbocycles. The van der Waals surface area contributed by atoms with Crippen molar-refractivity contribution in [3.8, 4) is 0 Å². The molecule has 0 spiro atoms. The minimum Gasteiger partial charge on any atom is -0.444 e. The lowest BCUT2D eigenvalue weighted by molar-refractivity contribution is 0.0534. The lowest BCUT2D eigenvalue weighted by Gasteiger charge is -2.19. The van der Waals surface area contributed by atoms with E-state index in [4.69, 9.17) is 9.84 Å². The summed E-state index contributed by atoms with van der Waals surface area (Å²) in [6.07, 6.45) is 3.32. The Kier molecular flexibility index (Phi) is 5.57. The first kappa shape index (κ1) is 15.2. The van der Waals surface area contributed by atoms with E-state index in [9.17, 15) is 4.79 Å². The predicted molar refractivity (Wildman–Crippen MR) is 75.6 cm³/mol. The van der Waals surface area contributed by atoms with E-state index < -0.39 is 11.7 Å². The molecule has 0 saturated heterocycles. The van der Waals surface area contributed by atoms with E-state index in [0.29, 0.717) is 6.54 Å². The summed E-state index contributed by atoms with van der Waals surface area (Å²) in [6.45, 7) is 5.93. The van der Waals surface area contributed by atoms with Gasteiger partial charge in [-0.3, -0.25) is 0 Å². The van der Waals surface area contributed by atoms with Gasteiger partial charge >= 0.3 is 6.09 Å². The molecular weight excluding hydrogens is 242 g/mol. The van der Waals surface area contributed by atoms with Crippen molar-refractivity contribution in [3.05, 3.63) is 41.5 Å². The Morgan fingerprint density at radius 3 is 2.47 bits per heavy atom. The van der Waals surface area contributed by atoms with Gasteiger partial charge in [0.2, 0.25) is 0 Å². The zero-order valence-corrected chi connectivity index (χ0v) is 11.6. The summed E-state index contributed by atoms with van der Waals surface area (Å²) in [5.74, 6) is 0. The Labute approximate surface area is 114 Å². The van der Waals surface area contributed by atoms with Crippen molar-refractivity contribution in [2.45, 2.75) is 33.0 Å². The molecule has 1 rings (SSSR count). The Hall–Kier alpha value is -1.81. The van der Waals surface area contributed by atoms with Crippen LogP contribution in [0.1, 0.15) is 31.9 Å². The fourth-order valence-electron chi connectivity index (χ4n) is 1.39. The average Bonchev–Trinajstić information content (AvgIpc) is 2.33. The number of amides is 1. The second-order valence-electron chi connectivity index (χ2n) is 5.18. The molecule has 19 heavy (non-hydrogen) atoms. The monoisotopic (exact) mass is 263 g/mol. The summed E-state index contributed by atoms with van der Waals surface area (Å²) in [5.41, 5.74) is 1.42. The largest absolute Gasteiger partial charge is 0.444 e. The highest BCUT2D eigenvalue weighted by molar-refractivity contribution is 5.68. The third kappa shape index (κ3) is 6.62. The number of nitrogens with one attached hydrogen (secondary N) is 1. The first-order chi connectivity index (χ1) is 8.90. The van der Waals surface area contributed by atoms with Crippen LogP contribution in [0.15, 0.2) is 30.3 Å². The number of carbonyl (C=O) groups excluding carboxylic acids is 1. The molecule has 0 fully saturated rings. The zero-order valence-electron chi connectivity index (χ0n) is 11.6. The van der Waals surface area contributed by atoms with Crippen molar-refractivity contribution in [3.63, 3.8) is 0 Å². The summed E-state index contributed by atoms with van der Waals surface area (Å²) in [4.78, 5) is 11.4. The van der Waals surface area contributed by atoms with Crippen LogP contribution >= 0.6 is 0 Å². The number of benzene rings is 1. The number of aliphatic hydroxyl groups is 1. The van der Waals surface area contributed by atoms with E-state index >= 15 is 0 Å². The second kappa shape index (κ2) is 6.95. The maximum absolute atomic E-state index is 11.4. The Morgan fingerprint density at radius 1 is 1.32 bits per heavy atom. The van der Waals surface area contributed by atoms with Crippen molar-refractivity contribution < 1.29 is 14.6 Å². The van der Waals surface area contributed by atoms with Crippen LogP contribution < -0.4 is 5.32 Å². The van der Waals surface area contributed by atoms with E-state index in [1.807, 2.05) is 57.2 Å². The lowest BCUT2D eigenvalue weighted by atomic mass is 10.1. The van der Waals surface area contributed by atoms with Gasteiger partial charge in [0, 0.05) is 6.54 Å². The van der Waals surface area contributed by atoms with Gasteiger partial charge in [0.15, 0.2) is 0 Å². The van der Waals surface area contributed by atoms with Gasteiger partial charge in [0.25, 0.3) is 0 Å². The first-order valence-corrected chi connectivity index (χ1v) is 6.24. The van der Waals surface area contributed by atoms with Crippen LogP contribution in [-0.2, 0) is 11.3 Å². The molecule has 1 aromatic rings. The Balaban J connectivity index is 2.35. The fourth-order valence-corrected chi connectivity index (χ4v) is 1.39. The Morgan fingerprint density at radius 2 is 1.95 bits per heavy atom. The maximum atomic E-state index is 11.4. The molecule has 0 aliphatic rings. The number of rotatable bonds is 4. The molecule has 0 radical (unpaired) electrons. The number of alkyl carbamates (subject to hydrolysis) is 1. The number of hydrogen-bond donors (Lipinski definition) is 2. The van der Waals surface area contributed by atoms with Gasteiger partial charge in [0.05, 0.1) is 6.61 Å². The van der Waals surface area contributed by atoms with E-state index in [0.717, 1.165) is 11.1 Å². The van der Waals surface area contributed by atoms with Crippen LogP contribution in [0.2, 0.25) is 0 Å².